The van der Waals surface area contributed by atoms with Gasteiger partial charge in [0.05, 0.1) is 18.1 Å². The highest BCUT2D eigenvalue weighted by atomic mass is 19.1. The first-order valence-electron chi connectivity index (χ1n) is 7.08. The van der Waals surface area contributed by atoms with E-state index in [2.05, 4.69) is 15.7 Å². The van der Waals surface area contributed by atoms with Gasteiger partial charge in [-0.3, -0.25) is 9.59 Å². The van der Waals surface area contributed by atoms with Crippen molar-refractivity contribution in [2.24, 2.45) is 0 Å². The summed E-state index contributed by atoms with van der Waals surface area (Å²) >= 11 is 0. The first kappa shape index (κ1) is 15.4. The van der Waals surface area contributed by atoms with E-state index in [0.717, 1.165) is 0 Å². The second-order valence-electron chi connectivity index (χ2n) is 4.92. The van der Waals surface area contributed by atoms with Crippen LogP contribution in [-0.2, 0) is 4.79 Å². The van der Waals surface area contributed by atoms with Crippen molar-refractivity contribution < 1.29 is 14.0 Å². The lowest BCUT2D eigenvalue weighted by Gasteiger charge is -2.04. The van der Waals surface area contributed by atoms with Gasteiger partial charge in [0.2, 0.25) is 6.41 Å². The Kier molecular flexibility index (Phi) is 4.33. The maximum atomic E-state index is 13.7. The standard InChI is InChI=1S/C17H13FN4O2/c18-15-3-1-2-4-16(15)22-10-14(9-20-22)21-17(24)12-5-7-13(8-6-12)19-11-23/h1-11H,(H,19,23)(H,21,24). The molecule has 0 aliphatic heterocycles. The molecule has 0 fully saturated rings. The molecule has 0 unspecified atom stereocenters. The van der Waals surface area contributed by atoms with Crippen LogP contribution in [-0.4, -0.2) is 22.1 Å². The normalized spacial score (nSPS) is 10.2. The van der Waals surface area contributed by atoms with E-state index in [1.807, 2.05) is 0 Å². The van der Waals surface area contributed by atoms with Gasteiger partial charge in [-0.1, -0.05) is 12.1 Å². The zero-order valence-corrected chi connectivity index (χ0v) is 12.4. The molecule has 6 nitrogen and oxygen atoms in total. The lowest BCUT2D eigenvalue weighted by molar-refractivity contribution is -0.105. The number of carbonyl (C=O) groups is 2. The number of amides is 2. The highest BCUT2D eigenvalue weighted by Gasteiger charge is 2.09. The molecule has 7 heteroatoms. The molecular weight excluding hydrogens is 311 g/mol. The van der Waals surface area contributed by atoms with Crippen LogP contribution in [0.2, 0.25) is 0 Å². The van der Waals surface area contributed by atoms with Crippen molar-refractivity contribution in [2.45, 2.75) is 0 Å². The SMILES string of the molecule is O=CNc1ccc(C(=O)Nc2cnn(-c3ccccc3F)c2)cc1. The lowest BCUT2D eigenvalue weighted by Crippen LogP contribution is -2.11. The van der Waals surface area contributed by atoms with Gasteiger partial charge in [0.15, 0.2) is 0 Å². The van der Waals surface area contributed by atoms with Crippen LogP contribution in [0.1, 0.15) is 10.4 Å². The summed E-state index contributed by atoms with van der Waals surface area (Å²) in [7, 11) is 0. The van der Waals surface area contributed by atoms with Crippen LogP contribution in [0.3, 0.4) is 0 Å². The molecule has 24 heavy (non-hydrogen) atoms. The van der Waals surface area contributed by atoms with Crippen molar-refractivity contribution in [1.29, 1.82) is 0 Å². The zero-order chi connectivity index (χ0) is 16.9. The van der Waals surface area contributed by atoms with Crippen LogP contribution >= 0.6 is 0 Å². The topological polar surface area (TPSA) is 76.0 Å². The minimum atomic E-state index is -0.406. The molecular formula is C17H13FN4O2. The van der Waals surface area contributed by atoms with E-state index in [-0.39, 0.29) is 5.91 Å². The number of carbonyl (C=O) groups excluding carboxylic acids is 2. The van der Waals surface area contributed by atoms with E-state index in [0.29, 0.717) is 29.0 Å². The molecule has 0 atom stereocenters. The minimum absolute atomic E-state index is 0.294. The van der Waals surface area contributed by atoms with Gasteiger partial charge < -0.3 is 10.6 Å². The molecule has 2 aromatic carbocycles. The number of para-hydroxylation sites is 1. The third-order valence-electron chi connectivity index (χ3n) is 3.31. The van der Waals surface area contributed by atoms with Gasteiger partial charge >= 0.3 is 0 Å². The van der Waals surface area contributed by atoms with Gasteiger partial charge in [-0.05, 0) is 36.4 Å². The first-order valence-corrected chi connectivity index (χ1v) is 7.08. The summed E-state index contributed by atoms with van der Waals surface area (Å²) in [5.41, 5.74) is 1.75. The van der Waals surface area contributed by atoms with Crippen LogP contribution in [0.4, 0.5) is 15.8 Å². The van der Waals surface area contributed by atoms with E-state index in [1.165, 1.54) is 23.1 Å². The number of rotatable bonds is 5. The quantitative estimate of drug-likeness (QED) is 0.709. The van der Waals surface area contributed by atoms with E-state index >= 15 is 0 Å². The highest BCUT2D eigenvalue weighted by molar-refractivity contribution is 6.04. The number of halogens is 1. The van der Waals surface area contributed by atoms with Crippen LogP contribution in [0.5, 0.6) is 0 Å². The average Bonchev–Trinajstić information content (AvgIpc) is 3.04. The number of aromatic nitrogens is 2. The Labute approximate surface area is 136 Å². The molecule has 0 aliphatic rings. The lowest BCUT2D eigenvalue weighted by atomic mass is 10.2. The fourth-order valence-corrected chi connectivity index (χ4v) is 2.15. The summed E-state index contributed by atoms with van der Waals surface area (Å²) in [4.78, 5) is 22.5. The molecule has 2 amide bonds. The summed E-state index contributed by atoms with van der Waals surface area (Å²) in [5, 5.41) is 9.22. The highest BCUT2D eigenvalue weighted by Crippen LogP contribution is 2.16. The predicted molar refractivity (Wildman–Crippen MR) is 87.6 cm³/mol. The van der Waals surface area contributed by atoms with Crippen molar-refractivity contribution in [3.05, 3.63) is 72.3 Å². The molecule has 0 saturated heterocycles. The molecule has 0 aliphatic carbocycles. The molecule has 0 spiro atoms. The molecule has 2 N–H and O–H groups in total. The van der Waals surface area contributed by atoms with E-state index in [4.69, 9.17) is 0 Å². The molecule has 1 heterocycles. The fourth-order valence-electron chi connectivity index (χ4n) is 2.15. The Balaban J connectivity index is 1.73. The zero-order valence-electron chi connectivity index (χ0n) is 12.4. The van der Waals surface area contributed by atoms with Crippen molar-refractivity contribution in [1.82, 2.24) is 9.78 Å². The molecule has 3 rings (SSSR count). The average molecular weight is 324 g/mol. The Morgan fingerprint density at radius 3 is 2.54 bits per heavy atom. The summed E-state index contributed by atoms with van der Waals surface area (Å²) in [6.07, 6.45) is 3.53. The third kappa shape index (κ3) is 3.30. The predicted octanol–water partition coefficient (Wildman–Crippen LogP) is 2.83. The Morgan fingerprint density at radius 1 is 1.08 bits per heavy atom. The van der Waals surface area contributed by atoms with Gasteiger partial charge in [0.1, 0.15) is 11.5 Å². The Hall–Kier alpha value is -3.48. The van der Waals surface area contributed by atoms with Crippen LogP contribution in [0.25, 0.3) is 5.69 Å². The number of benzene rings is 2. The maximum Gasteiger partial charge on any atom is 0.255 e. The molecule has 0 saturated carbocycles. The molecule has 1 aromatic heterocycles. The maximum absolute atomic E-state index is 13.7. The summed E-state index contributed by atoms with van der Waals surface area (Å²) < 4.78 is 15.1. The van der Waals surface area contributed by atoms with E-state index in [1.54, 1.807) is 42.5 Å². The largest absolute Gasteiger partial charge is 0.329 e. The van der Waals surface area contributed by atoms with Crippen molar-refractivity contribution in [3.63, 3.8) is 0 Å². The Bertz CT molecular complexity index is 874. The van der Waals surface area contributed by atoms with E-state index in [9.17, 15) is 14.0 Å². The third-order valence-corrected chi connectivity index (χ3v) is 3.31. The number of anilines is 2. The molecule has 0 radical (unpaired) electrons. The summed E-state index contributed by atoms with van der Waals surface area (Å²) in [6.45, 7) is 0. The van der Waals surface area contributed by atoms with Gasteiger partial charge in [0.25, 0.3) is 5.91 Å². The molecule has 0 bridgehead atoms. The second-order valence-corrected chi connectivity index (χ2v) is 4.92. The van der Waals surface area contributed by atoms with Crippen molar-refractivity contribution in [3.8, 4) is 5.69 Å². The van der Waals surface area contributed by atoms with Gasteiger partial charge in [-0.2, -0.15) is 5.10 Å². The fraction of sp³-hybridized carbons (Fsp3) is 0. The van der Waals surface area contributed by atoms with Gasteiger partial charge in [-0.25, -0.2) is 9.07 Å². The van der Waals surface area contributed by atoms with Crippen LogP contribution < -0.4 is 10.6 Å². The number of nitrogens with zero attached hydrogens (tertiary/aromatic N) is 2. The number of hydrogen-bond acceptors (Lipinski definition) is 3. The van der Waals surface area contributed by atoms with Crippen LogP contribution in [0, 0.1) is 5.82 Å². The van der Waals surface area contributed by atoms with Gasteiger partial charge in [-0.15, -0.1) is 0 Å². The monoisotopic (exact) mass is 324 g/mol. The van der Waals surface area contributed by atoms with Crippen molar-refractivity contribution in [2.75, 3.05) is 10.6 Å². The Morgan fingerprint density at radius 2 is 1.83 bits per heavy atom. The number of nitrogens with one attached hydrogen (secondary N) is 2. The van der Waals surface area contributed by atoms with Gasteiger partial charge in [0, 0.05) is 11.3 Å². The smallest absolute Gasteiger partial charge is 0.255 e. The minimum Gasteiger partial charge on any atom is -0.329 e. The summed E-state index contributed by atoms with van der Waals surface area (Å²) in [6, 6.07) is 12.6. The van der Waals surface area contributed by atoms with Crippen molar-refractivity contribution >= 4 is 23.7 Å². The van der Waals surface area contributed by atoms with Crippen LogP contribution in [0.15, 0.2) is 60.9 Å². The second kappa shape index (κ2) is 6.74. The number of hydrogen-bond donors (Lipinski definition) is 2. The molecule has 120 valence electrons. The summed E-state index contributed by atoms with van der Waals surface area (Å²) in [5.74, 6) is -0.738. The first-order chi connectivity index (χ1) is 11.7. The van der Waals surface area contributed by atoms with E-state index < -0.39 is 5.82 Å². The molecule has 3 aromatic rings.